The lowest BCUT2D eigenvalue weighted by Crippen LogP contribution is -2.42. The summed E-state index contributed by atoms with van der Waals surface area (Å²) >= 11 is 11.9. The predicted molar refractivity (Wildman–Crippen MR) is 117 cm³/mol. The molecule has 2 aromatic carbocycles. The van der Waals surface area contributed by atoms with Crippen molar-refractivity contribution in [3.05, 3.63) is 74.8 Å². The van der Waals surface area contributed by atoms with E-state index in [4.69, 9.17) is 28.0 Å². The molecule has 1 atom stereocenters. The van der Waals surface area contributed by atoms with Crippen LogP contribution in [0.4, 0.5) is 13.2 Å². The monoisotopic (exact) mass is 484 g/mol. The smallest absolute Gasteiger partial charge is 0.349 e. The third-order valence-corrected chi connectivity index (χ3v) is 6.32. The highest BCUT2D eigenvalue weighted by Gasteiger charge is 2.60. The van der Waals surface area contributed by atoms with Crippen molar-refractivity contribution in [1.29, 1.82) is 0 Å². The molecule has 0 spiro atoms. The fourth-order valence-electron chi connectivity index (χ4n) is 3.94. The van der Waals surface area contributed by atoms with Gasteiger partial charge in [0.15, 0.2) is 0 Å². The summed E-state index contributed by atoms with van der Waals surface area (Å²) in [6.07, 6.45) is -0.745. The van der Waals surface area contributed by atoms with E-state index in [0.717, 1.165) is 30.4 Å². The molecule has 9 heteroatoms. The number of benzene rings is 2. The van der Waals surface area contributed by atoms with E-state index in [9.17, 15) is 18.0 Å². The van der Waals surface area contributed by atoms with Gasteiger partial charge in [-0.3, -0.25) is 9.86 Å². The first-order valence-electron chi connectivity index (χ1n) is 10.1. The molecule has 170 valence electrons. The Morgan fingerprint density at radius 2 is 1.81 bits per heavy atom. The Labute approximate surface area is 193 Å². The third-order valence-electron chi connectivity index (χ3n) is 5.88. The zero-order chi connectivity index (χ0) is 23.3. The van der Waals surface area contributed by atoms with Crippen molar-refractivity contribution in [2.45, 2.75) is 44.0 Å². The van der Waals surface area contributed by atoms with Crippen molar-refractivity contribution in [2.75, 3.05) is 7.05 Å². The van der Waals surface area contributed by atoms with Gasteiger partial charge in [0.1, 0.15) is 0 Å². The van der Waals surface area contributed by atoms with Crippen LogP contribution in [0.5, 0.6) is 0 Å². The number of nitrogens with zero attached hydrogens (tertiary/aromatic N) is 1. The maximum atomic E-state index is 14.3. The minimum absolute atomic E-state index is 0.0712. The number of nitrogens with one attached hydrogen (secondary N) is 1. The average molecular weight is 485 g/mol. The molecule has 1 unspecified atom stereocenters. The van der Waals surface area contributed by atoms with E-state index in [1.807, 2.05) is 0 Å². The number of aryl methyl sites for hydroxylation is 1. The largest absolute Gasteiger partial charge is 0.428 e. The topological polar surface area (TPSA) is 41.6 Å². The van der Waals surface area contributed by atoms with Gasteiger partial charge in [0, 0.05) is 39.8 Å². The Kier molecular flexibility index (Phi) is 5.94. The van der Waals surface area contributed by atoms with Crippen LogP contribution < -0.4 is 5.32 Å². The predicted octanol–water partition coefficient (Wildman–Crippen LogP) is 6.26. The lowest BCUT2D eigenvalue weighted by molar-refractivity contribution is -0.308. The second-order valence-corrected chi connectivity index (χ2v) is 9.01. The number of rotatable bonds is 4. The normalized spacial score (nSPS) is 21.3. The Hall–Kier alpha value is -2.22. The number of alkyl halides is 3. The molecule has 0 bridgehead atoms. The van der Waals surface area contributed by atoms with Crippen LogP contribution in [0.15, 0.2) is 42.5 Å². The Bertz CT molecular complexity index is 1080. The molecule has 1 amide bonds. The molecular weight excluding hydrogens is 464 g/mol. The molecule has 4 nitrogen and oxygen atoms in total. The van der Waals surface area contributed by atoms with Crippen LogP contribution in [0, 0.1) is 6.92 Å². The SMILES string of the molecule is Cc1cc(C2=CC(c3cc(Cl)cc(Cl)c3)(C(F)(F)F)ON2C)ccc1C(=O)NC1CCC1. The van der Waals surface area contributed by atoms with Gasteiger partial charge >= 0.3 is 6.18 Å². The van der Waals surface area contributed by atoms with Gasteiger partial charge < -0.3 is 5.32 Å². The minimum atomic E-state index is -4.78. The molecule has 0 radical (unpaired) electrons. The molecule has 2 aliphatic rings. The van der Waals surface area contributed by atoms with Crippen molar-refractivity contribution in [1.82, 2.24) is 10.4 Å². The molecular formula is C23H21Cl2F3N2O2. The van der Waals surface area contributed by atoms with Crippen LogP contribution >= 0.6 is 23.2 Å². The fourth-order valence-corrected chi connectivity index (χ4v) is 4.46. The fraction of sp³-hybridized carbons (Fsp3) is 0.348. The molecule has 1 heterocycles. The van der Waals surface area contributed by atoms with E-state index in [1.54, 1.807) is 25.1 Å². The first-order chi connectivity index (χ1) is 15.0. The molecule has 1 aliphatic carbocycles. The average Bonchev–Trinajstić information content (AvgIpc) is 3.02. The molecule has 32 heavy (non-hydrogen) atoms. The number of carbonyl (C=O) groups excluding carboxylic acids is 1. The van der Waals surface area contributed by atoms with E-state index in [-0.39, 0.29) is 33.3 Å². The molecule has 1 aliphatic heterocycles. The highest BCUT2D eigenvalue weighted by Crippen LogP contribution is 2.51. The first-order valence-corrected chi connectivity index (χ1v) is 10.9. The Morgan fingerprint density at radius 1 is 1.16 bits per heavy atom. The van der Waals surface area contributed by atoms with Crippen molar-refractivity contribution in [3.63, 3.8) is 0 Å². The van der Waals surface area contributed by atoms with Crippen molar-refractivity contribution < 1.29 is 22.8 Å². The summed E-state index contributed by atoms with van der Waals surface area (Å²) < 4.78 is 42.9. The van der Waals surface area contributed by atoms with Gasteiger partial charge in [-0.05, 0) is 68.2 Å². The van der Waals surface area contributed by atoms with Crippen LogP contribution in [-0.2, 0) is 10.4 Å². The van der Waals surface area contributed by atoms with E-state index in [0.29, 0.717) is 16.7 Å². The summed E-state index contributed by atoms with van der Waals surface area (Å²) in [6, 6.07) is 8.84. The summed E-state index contributed by atoms with van der Waals surface area (Å²) in [6.45, 7) is 1.75. The minimum Gasteiger partial charge on any atom is -0.349 e. The standard InChI is InChI=1S/C23H21Cl2F3N2O2/c1-13-8-14(6-7-19(13)21(31)29-18-4-3-5-18)20-12-22(23(26,27)28,32-30(20)2)15-9-16(24)11-17(25)10-15/h6-12,18H,3-5H2,1-2H3,(H,29,31). The third kappa shape index (κ3) is 4.09. The quantitative estimate of drug-likeness (QED) is 0.556. The summed E-state index contributed by atoms with van der Waals surface area (Å²) in [4.78, 5) is 17.9. The van der Waals surface area contributed by atoms with Crippen LogP contribution in [0.2, 0.25) is 10.0 Å². The lowest BCUT2D eigenvalue weighted by Gasteiger charge is -2.31. The number of hydrogen-bond acceptors (Lipinski definition) is 3. The highest BCUT2D eigenvalue weighted by molar-refractivity contribution is 6.34. The molecule has 4 rings (SSSR count). The second-order valence-electron chi connectivity index (χ2n) is 8.14. The van der Waals surface area contributed by atoms with Crippen LogP contribution in [0.25, 0.3) is 5.70 Å². The zero-order valence-electron chi connectivity index (χ0n) is 17.4. The summed E-state index contributed by atoms with van der Waals surface area (Å²) in [5, 5.41) is 4.19. The van der Waals surface area contributed by atoms with Gasteiger partial charge in [0.2, 0.25) is 5.60 Å². The van der Waals surface area contributed by atoms with Crippen LogP contribution in [0.1, 0.15) is 46.3 Å². The molecule has 2 aromatic rings. The Balaban J connectivity index is 1.72. The first kappa shape index (κ1) is 23.0. The van der Waals surface area contributed by atoms with Crippen molar-refractivity contribution in [2.24, 2.45) is 0 Å². The maximum absolute atomic E-state index is 14.3. The molecule has 1 N–H and O–H groups in total. The molecule has 0 saturated heterocycles. The summed E-state index contributed by atoms with van der Waals surface area (Å²) in [5.74, 6) is -0.179. The van der Waals surface area contributed by atoms with Crippen molar-refractivity contribution in [3.8, 4) is 0 Å². The van der Waals surface area contributed by atoms with Gasteiger partial charge in [-0.15, -0.1) is 0 Å². The number of hydrogen-bond donors (Lipinski definition) is 1. The summed E-state index contributed by atoms with van der Waals surface area (Å²) in [5.41, 5.74) is -1.12. The molecule has 1 fully saturated rings. The van der Waals surface area contributed by atoms with Gasteiger partial charge in [-0.25, -0.2) is 4.84 Å². The van der Waals surface area contributed by atoms with Gasteiger partial charge in [0.05, 0.1) is 5.70 Å². The Morgan fingerprint density at radius 3 is 2.34 bits per heavy atom. The van der Waals surface area contributed by atoms with Gasteiger partial charge in [-0.1, -0.05) is 29.3 Å². The van der Waals surface area contributed by atoms with Crippen LogP contribution in [-0.4, -0.2) is 30.2 Å². The number of amides is 1. The van der Waals surface area contributed by atoms with Gasteiger partial charge in [-0.2, -0.15) is 13.2 Å². The second kappa shape index (κ2) is 8.28. The zero-order valence-corrected chi connectivity index (χ0v) is 18.9. The van der Waals surface area contributed by atoms with Gasteiger partial charge in [0.25, 0.3) is 5.91 Å². The van der Waals surface area contributed by atoms with Crippen LogP contribution in [0.3, 0.4) is 0 Å². The summed E-state index contributed by atoms with van der Waals surface area (Å²) in [7, 11) is 1.40. The maximum Gasteiger partial charge on any atom is 0.428 e. The number of hydroxylamine groups is 2. The molecule has 1 saturated carbocycles. The van der Waals surface area contributed by atoms with E-state index >= 15 is 0 Å². The number of halogens is 5. The van der Waals surface area contributed by atoms with E-state index in [1.165, 1.54) is 25.2 Å². The van der Waals surface area contributed by atoms with E-state index in [2.05, 4.69) is 5.32 Å². The molecule has 0 aromatic heterocycles. The number of carbonyl (C=O) groups is 1. The highest BCUT2D eigenvalue weighted by atomic mass is 35.5. The van der Waals surface area contributed by atoms with E-state index < -0.39 is 11.8 Å². The van der Waals surface area contributed by atoms with Crippen molar-refractivity contribution >= 4 is 34.8 Å². The lowest BCUT2D eigenvalue weighted by atomic mass is 9.91.